The fraction of sp³-hybridized carbons (Fsp3) is 0.455. The Labute approximate surface area is 71.6 Å². The van der Waals surface area contributed by atoms with Crippen LogP contribution in [0.5, 0.6) is 0 Å². The molecule has 2 fully saturated rings. The van der Waals surface area contributed by atoms with Crippen LogP contribution >= 0.6 is 0 Å². The minimum atomic E-state index is 0.901. The lowest BCUT2D eigenvalue weighted by molar-refractivity contribution is 0.388. The summed E-state index contributed by atoms with van der Waals surface area (Å²) in [5.41, 5.74) is 9.91. The van der Waals surface area contributed by atoms with Gasteiger partial charge in [0.1, 0.15) is 0 Å². The zero-order valence-corrected chi connectivity index (χ0v) is 6.83. The average molecular weight is 157 g/mol. The summed E-state index contributed by atoms with van der Waals surface area (Å²) in [6, 6.07) is 6.50. The molecule has 0 radical (unpaired) electrons. The van der Waals surface area contributed by atoms with E-state index in [1.165, 1.54) is 6.42 Å². The van der Waals surface area contributed by atoms with Gasteiger partial charge in [-0.1, -0.05) is 6.07 Å². The Kier molecular flexibility index (Phi) is 0.663. The highest BCUT2D eigenvalue weighted by Gasteiger charge is 2.68. The Morgan fingerprint density at radius 3 is 3.08 bits per heavy atom. The summed E-state index contributed by atoms with van der Waals surface area (Å²) in [4.78, 5) is 0. The normalized spacial score (nSPS) is 44.7. The maximum atomic E-state index is 5.77. The van der Waals surface area contributed by atoms with Gasteiger partial charge >= 0.3 is 0 Å². The van der Waals surface area contributed by atoms with E-state index >= 15 is 0 Å². The predicted molar refractivity (Wildman–Crippen MR) is 47.9 cm³/mol. The summed E-state index contributed by atoms with van der Waals surface area (Å²) in [5, 5.41) is 0. The Morgan fingerprint density at radius 1 is 1.25 bits per heavy atom. The SMILES string of the molecule is Nc1ccc2c(c1)[C@@H]1C[C@@H]3[C@H]2[C@H]31. The lowest BCUT2D eigenvalue weighted by Gasteiger charge is -2.26. The fourth-order valence-electron chi connectivity index (χ4n) is 3.50. The predicted octanol–water partition coefficient (Wildman–Crippen LogP) is 2.10. The van der Waals surface area contributed by atoms with Gasteiger partial charge in [-0.3, -0.25) is 0 Å². The van der Waals surface area contributed by atoms with Crippen LogP contribution in [0.25, 0.3) is 0 Å². The van der Waals surface area contributed by atoms with Crippen molar-refractivity contribution in [3.8, 4) is 0 Å². The first-order valence-electron chi connectivity index (χ1n) is 4.75. The lowest BCUT2D eigenvalue weighted by atomic mass is 9.78. The van der Waals surface area contributed by atoms with Gasteiger partial charge in [0.05, 0.1) is 0 Å². The van der Waals surface area contributed by atoms with Gasteiger partial charge in [0.2, 0.25) is 0 Å². The first kappa shape index (κ1) is 5.63. The van der Waals surface area contributed by atoms with Gasteiger partial charge in [-0.25, -0.2) is 0 Å². The highest BCUT2D eigenvalue weighted by molar-refractivity contribution is 5.57. The Hall–Kier alpha value is -0.980. The molecule has 60 valence electrons. The van der Waals surface area contributed by atoms with Gasteiger partial charge in [0.15, 0.2) is 0 Å². The van der Waals surface area contributed by atoms with Gasteiger partial charge in [0, 0.05) is 5.69 Å². The van der Waals surface area contributed by atoms with E-state index in [1.54, 1.807) is 11.1 Å². The van der Waals surface area contributed by atoms with Crippen LogP contribution < -0.4 is 5.73 Å². The molecule has 1 heteroatoms. The molecule has 0 aliphatic heterocycles. The van der Waals surface area contributed by atoms with Crippen LogP contribution in [-0.4, -0.2) is 0 Å². The van der Waals surface area contributed by atoms with Gasteiger partial charge in [-0.2, -0.15) is 0 Å². The zero-order chi connectivity index (χ0) is 7.87. The number of anilines is 1. The summed E-state index contributed by atoms with van der Waals surface area (Å²) in [5.74, 6) is 3.97. The van der Waals surface area contributed by atoms with Crippen LogP contribution in [0.15, 0.2) is 18.2 Å². The molecule has 0 heterocycles. The molecule has 1 aromatic rings. The summed E-state index contributed by atoms with van der Waals surface area (Å²) in [6.07, 6.45) is 1.45. The highest BCUT2D eigenvalue weighted by atomic mass is 14.7. The Balaban J connectivity index is 2.01. The third-order valence-electron chi connectivity index (χ3n) is 4.09. The molecule has 1 nitrogen and oxygen atoms in total. The third kappa shape index (κ3) is 0.401. The van der Waals surface area contributed by atoms with Crippen LogP contribution in [0.1, 0.15) is 29.4 Å². The molecule has 2 saturated carbocycles. The average Bonchev–Trinajstić information content (AvgIpc) is 2.48. The van der Waals surface area contributed by atoms with E-state index < -0.39 is 0 Å². The van der Waals surface area contributed by atoms with Crippen molar-refractivity contribution >= 4 is 5.69 Å². The Bertz CT molecular complexity index is 383. The molecule has 0 amide bonds. The number of nitrogen functional groups attached to an aromatic ring is 1. The smallest absolute Gasteiger partial charge is 0.0317 e. The molecule has 3 aliphatic carbocycles. The molecule has 0 saturated heterocycles. The molecule has 1 aromatic carbocycles. The molecule has 4 rings (SSSR count). The molecule has 0 spiro atoms. The van der Waals surface area contributed by atoms with Gasteiger partial charge in [0.25, 0.3) is 0 Å². The monoisotopic (exact) mass is 157 g/mol. The molecular formula is C11H11N. The van der Waals surface area contributed by atoms with Crippen LogP contribution in [0, 0.1) is 11.8 Å². The lowest BCUT2D eigenvalue weighted by Crippen LogP contribution is -2.14. The maximum Gasteiger partial charge on any atom is 0.0317 e. The van der Waals surface area contributed by atoms with Crippen molar-refractivity contribution < 1.29 is 0 Å². The molecule has 0 aromatic heterocycles. The van der Waals surface area contributed by atoms with Gasteiger partial charge < -0.3 is 5.73 Å². The van der Waals surface area contributed by atoms with Crippen molar-refractivity contribution in [3.05, 3.63) is 29.3 Å². The van der Waals surface area contributed by atoms with E-state index in [1.807, 2.05) is 0 Å². The van der Waals surface area contributed by atoms with Gasteiger partial charge in [-0.15, -0.1) is 0 Å². The van der Waals surface area contributed by atoms with E-state index in [4.69, 9.17) is 5.73 Å². The summed E-state index contributed by atoms with van der Waals surface area (Å²) in [7, 11) is 0. The van der Waals surface area contributed by atoms with Crippen LogP contribution in [-0.2, 0) is 0 Å². The number of rotatable bonds is 0. The van der Waals surface area contributed by atoms with Crippen molar-refractivity contribution in [2.45, 2.75) is 18.3 Å². The summed E-state index contributed by atoms with van der Waals surface area (Å²) < 4.78 is 0. The maximum absolute atomic E-state index is 5.77. The standard InChI is InChI=1S/C11H11N/c12-5-1-2-6-7(3-5)8-4-9-10(6)11(8)9/h1-3,8-11H,4,12H2/t8-,9+,10-,11-/m0/s1. The van der Waals surface area contributed by atoms with E-state index in [-0.39, 0.29) is 0 Å². The molecule has 0 unspecified atom stereocenters. The van der Waals surface area contributed by atoms with Crippen molar-refractivity contribution in [3.63, 3.8) is 0 Å². The minimum Gasteiger partial charge on any atom is -0.399 e. The number of fused-ring (bicyclic) bond motifs is 4. The molecule has 0 bridgehead atoms. The molecular weight excluding hydrogens is 146 g/mol. The van der Waals surface area contributed by atoms with Crippen LogP contribution in [0.4, 0.5) is 5.69 Å². The molecule has 2 N–H and O–H groups in total. The van der Waals surface area contributed by atoms with Gasteiger partial charge in [-0.05, 0) is 53.4 Å². The van der Waals surface area contributed by atoms with Crippen molar-refractivity contribution in [2.75, 3.05) is 5.73 Å². The fourth-order valence-corrected chi connectivity index (χ4v) is 3.50. The topological polar surface area (TPSA) is 26.0 Å². The summed E-state index contributed by atoms with van der Waals surface area (Å²) in [6.45, 7) is 0. The largest absolute Gasteiger partial charge is 0.399 e. The third-order valence-corrected chi connectivity index (χ3v) is 4.09. The molecule has 12 heavy (non-hydrogen) atoms. The highest BCUT2D eigenvalue weighted by Crippen LogP contribution is 2.78. The number of nitrogens with two attached hydrogens (primary N) is 1. The number of hydrogen-bond acceptors (Lipinski definition) is 1. The zero-order valence-electron chi connectivity index (χ0n) is 6.83. The van der Waals surface area contributed by atoms with Crippen molar-refractivity contribution in [2.24, 2.45) is 11.8 Å². The van der Waals surface area contributed by atoms with E-state index in [0.717, 1.165) is 29.4 Å². The first-order chi connectivity index (χ1) is 5.86. The van der Waals surface area contributed by atoms with E-state index in [9.17, 15) is 0 Å². The van der Waals surface area contributed by atoms with Crippen LogP contribution in [0.3, 0.4) is 0 Å². The van der Waals surface area contributed by atoms with Crippen molar-refractivity contribution in [1.29, 1.82) is 0 Å². The number of hydrogen-bond donors (Lipinski definition) is 1. The second-order valence-electron chi connectivity index (χ2n) is 4.50. The van der Waals surface area contributed by atoms with E-state index in [0.29, 0.717) is 0 Å². The van der Waals surface area contributed by atoms with Crippen molar-refractivity contribution in [1.82, 2.24) is 0 Å². The Morgan fingerprint density at radius 2 is 2.17 bits per heavy atom. The van der Waals surface area contributed by atoms with Crippen LogP contribution in [0.2, 0.25) is 0 Å². The first-order valence-corrected chi connectivity index (χ1v) is 4.75. The second kappa shape index (κ2) is 1.41. The molecule has 4 atom stereocenters. The summed E-state index contributed by atoms with van der Waals surface area (Å²) >= 11 is 0. The second-order valence-corrected chi connectivity index (χ2v) is 4.50. The quantitative estimate of drug-likeness (QED) is 0.573. The minimum absolute atomic E-state index is 0.901. The molecule has 3 aliphatic rings. The number of benzene rings is 1. The van der Waals surface area contributed by atoms with E-state index in [2.05, 4.69) is 18.2 Å².